The summed E-state index contributed by atoms with van der Waals surface area (Å²) in [5.41, 5.74) is 0. The van der Waals surface area contributed by atoms with E-state index in [0.717, 1.165) is 12.8 Å². The number of hydrogen-bond acceptors (Lipinski definition) is 5. The lowest BCUT2D eigenvalue weighted by Gasteiger charge is -2.26. The van der Waals surface area contributed by atoms with Crippen LogP contribution in [-0.4, -0.2) is 38.0 Å². The minimum Gasteiger partial charge on any atom is -0.373 e. The summed E-state index contributed by atoms with van der Waals surface area (Å²) < 4.78 is 27.3. The first-order chi connectivity index (χ1) is 9.51. The van der Waals surface area contributed by atoms with Crippen LogP contribution in [0, 0.1) is 0 Å². The van der Waals surface area contributed by atoms with Crippen LogP contribution in [0.5, 0.6) is 0 Å². The molecule has 1 fully saturated rings. The van der Waals surface area contributed by atoms with Gasteiger partial charge in [0.2, 0.25) is 10.0 Å². The van der Waals surface area contributed by atoms with Gasteiger partial charge in [-0.2, -0.15) is 11.8 Å². The number of aromatic nitrogens is 1. The van der Waals surface area contributed by atoms with Crippen molar-refractivity contribution >= 4 is 27.6 Å². The first-order valence-electron chi connectivity index (χ1n) is 6.70. The predicted molar refractivity (Wildman–Crippen MR) is 83.7 cm³/mol. The van der Waals surface area contributed by atoms with Crippen molar-refractivity contribution in [3.8, 4) is 0 Å². The van der Waals surface area contributed by atoms with E-state index in [1.165, 1.54) is 19.0 Å². The molecule has 1 aliphatic carbocycles. The molecule has 0 saturated heterocycles. The number of anilines is 1. The zero-order chi connectivity index (χ0) is 14.6. The first kappa shape index (κ1) is 15.6. The standard InChI is InChI=1S/C13H21N3O2S2/c1-14-12-6-5-11(9-15-12)20(17,18)16-10-13(19-2)7-3-4-8-13/h5-6,9,16H,3-4,7-8,10H2,1-2H3,(H,14,15). The molecule has 1 aromatic rings. The molecule has 0 aromatic carbocycles. The molecule has 0 amide bonds. The van der Waals surface area contributed by atoms with Crippen molar-refractivity contribution in [2.24, 2.45) is 0 Å². The Kier molecular flexibility index (Phi) is 4.93. The number of nitrogens with one attached hydrogen (secondary N) is 2. The van der Waals surface area contributed by atoms with Crippen LogP contribution in [0.4, 0.5) is 5.82 Å². The molecule has 20 heavy (non-hydrogen) atoms. The van der Waals surface area contributed by atoms with Gasteiger partial charge in [0.15, 0.2) is 0 Å². The van der Waals surface area contributed by atoms with Crippen molar-refractivity contribution < 1.29 is 8.42 Å². The minimum atomic E-state index is -3.47. The lowest BCUT2D eigenvalue weighted by Crippen LogP contribution is -2.38. The Morgan fingerprint density at radius 1 is 1.35 bits per heavy atom. The Balaban J connectivity index is 2.06. The van der Waals surface area contributed by atoms with Crippen LogP contribution in [0.1, 0.15) is 25.7 Å². The maximum Gasteiger partial charge on any atom is 0.242 e. The summed E-state index contributed by atoms with van der Waals surface area (Å²) in [4.78, 5) is 4.26. The van der Waals surface area contributed by atoms with Crippen molar-refractivity contribution in [3.05, 3.63) is 18.3 Å². The first-order valence-corrected chi connectivity index (χ1v) is 9.41. The zero-order valence-electron chi connectivity index (χ0n) is 11.8. The molecule has 0 spiro atoms. The third kappa shape index (κ3) is 3.45. The van der Waals surface area contributed by atoms with Crippen molar-refractivity contribution in [2.45, 2.75) is 35.3 Å². The number of pyridine rings is 1. The fourth-order valence-electron chi connectivity index (χ4n) is 2.47. The summed E-state index contributed by atoms with van der Waals surface area (Å²) in [6.45, 7) is 0.490. The van der Waals surface area contributed by atoms with Crippen molar-refractivity contribution in [1.82, 2.24) is 9.71 Å². The van der Waals surface area contributed by atoms with Gasteiger partial charge in [-0.25, -0.2) is 18.1 Å². The fraction of sp³-hybridized carbons (Fsp3) is 0.615. The van der Waals surface area contributed by atoms with Crippen LogP contribution in [-0.2, 0) is 10.0 Å². The number of hydrogen-bond donors (Lipinski definition) is 2. The van der Waals surface area contributed by atoms with Crippen LogP contribution < -0.4 is 10.0 Å². The van der Waals surface area contributed by atoms with Crippen molar-refractivity contribution in [1.29, 1.82) is 0 Å². The third-order valence-electron chi connectivity index (χ3n) is 3.83. The van der Waals surface area contributed by atoms with E-state index >= 15 is 0 Å². The summed E-state index contributed by atoms with van der Waals surface area (Å²) in [7, 11) is -1.73. The van der Waals surface area contributed by atoms with Gasteiger partial charge in [-0.15, -0.1) is 0 Å². The second-order valence-corrected chi connectivity index (χ2v) is 8.09. The largest absolute Gasteiger partial charge is 0.373 e. The molecule has 0 radical (unpaired) electrons. The lowest BCUT2D eigenvalue weighted by atomic mass is 10.1. The van der Waals surface area contributed by atoms with Gasteiger partial charge in [-0.3, -0.25) is 0 Å². The Morgan fingerprint density at radius 3 is 2.55 bits per heavy atom. The highest BCUT2D eigenvalue weighted by Crippen LogP contribution is 2.39. The van der Waals surface area contributed by atoms with Gasteiger partial charge in [-0.1, -0.05) is 12.8 Å². The molecule has 1 aliphatic rings. The molecular formula is C13H21N3O2S2. The van der Waals surface area contributed by atoms with Gasteiger partial charge in [0.05, 0.1) is 0 Å². The van der Waals surface area contributed by atoms with E-state index < -0.39 is 10.0 Å². The normalized spacial score (nSPS) is 18.1. The number of rotatable bonds is 6. The predicted octanol–water partition coefficient (Wildman–Crippen LogP) is 2.08. The van der Waals surface area contributed by atoms with Gasteiger partial charge in [-0.05, 0) is 31.2 Å². The Hall–Kier alpha value is -0.790. The number of sulfonamides is 1. The van der Waals surface area contributed by atoms with Crippen LogP contribution >= 0.6 is 11.8 Å². The second kappa shape index (κ2) is 6.32. The molecule has 7 heteroatoms. The van der Waals surface area contributed by atoms with E-state index in [1.54, 1.807) is 30.9 Å². The Bertz CT molecular complexity index is 537. The molecule has 2 rings (SSSR count). The number of thioether (sulfide) groups is 1. The summed E-state index contributed by atoms with van der Waals surface area (Å²) in [5.74, 6) is 0.653. The highest BCUT2D eigenvalue weighted by molar-refractivity contribution is 8.00. The molecule has 112 valence electrons. The highest BCUT2D eigenvalue weighted by Gasteiger charge is 2.34. The van der Waals surface area contributed by atoms with Gasteiger partial charge < -0.3 is 5.32 Å². The third-order valence-corrected chi connectivity index (χ3v) is 6.64. The molecule has 0 unspecified atom stereocenters. The Morgan fingerprint density at radius 2 is 2.05 bits per heavy atom. The molecule has 1 aromatic heterocycles. The Labute approximate surface area is 125 Å². The topological polar surface area (TPSA) is 71.1 Å². The van der Waals surface area contributed by atoms with E-state index in [0.29, 0.717) is 12.4 Å². The smallest absolute Gasteiger partial charge is 0.242 e. The molecule has 2 N–H and O–H groups in total. The molecule has 0 aliphatic heterocycles. The van der Waals surface area contributed by atoms with E-state index in [1.807, 2.05) is 0 Å². The fourth-order valence-corrected chi connectivity index (χ4v) is 4.55. The van der Waals surface area contributed by atoms with Crippen molar-refractivity contribution in [2.75, 3.05) is 25.2 Å². The van der Waals surface area contributed by atoms with Gasteiger partial charge >= 0.3 is 0 Å². The van der Waals surface area contributed by atoms with Gasteiger partial charge in [0.25, 0.3) is 0 Å². The SMILES string of the molecule is CNc1ccc(S(=O)(=O)NCC2(SC)CCCC2)cn1. The molecule has 5 nitrogen and oxygen atoms in total. The van der Waals surface area contributed by atoms with Crippen LogP contribution in [0.3, 0.4) is 0 Å². The van der Waals surface area contributed by atoms with Crippen LogP contribution in [0.2, 0.25) is 0 Å². The number of nitrogens with zero attached hydrogens (tertiary/aromatic N) is 1. The maximum atomic E-state index is 12.3. The monoisotopic (exact) mass is 315 g/mol. The molecule has 1 saturated carbocycles. The summed E-state index contributed by atoms with van der Waals surface area (Å²) >= 11 is 1.77. The second-order valence-electron chi connectivity index (χ2n) is 5.05. The maximum absolute atomic E-state index is 12.3. The minimum absolute atomic E-state index is 0.0609. The molecule has 0 bridgehead atoms. The quantitative estimate of drug-likeness (QED) is 0.841. The molecular weight excluding hydrogens is 294 g/mol. The highest BCUT2D eigenvalue weighted by atomic mass is 32.2. The van der Waals surface area contributed by atoms with Gasteiger partial charge in [0.1, 0.15) is 10.7 Å². The van der Waals surface area contributed by atoms with Gasteiger partial charge in [0, 0.05) is 24.5 Å². The van der Waals surface area contributed by atoms with Crippen LogP contribution in [0.25, 0.3) is 0 Å². The van der Waals surface area contributed by atoms with E-state index in [4.69, 9.17) is 0 Å². The molecule has 0 atom stereocenters. The van der Waals surface area contributed by atoms with E-state index in [-0.39, 0.29) is 9.64 Å². The average molecular weight is 315 g/mol. The zero-order valence-corrected chi connectivity index (χ0v) is 13.5. The summed E-state index contributed by atoms with van der Waals surface area (Å²) in [6.07, 6.45) is 7.96. The molecule has 1 heterocycles. The summed E-state index contributed by atoms with van der Waals surface area (Å²) in [5, 5.41) is 2.87. The lowest BCUT2D eigenvalue weighted by molar-refractivity contribution is 0.551. The van der Waals surface area contributed by atoms with E-state index in [2.05, 4.69) is 21.3 Å². The van der Waals surface area contributed by atoms with E-state index in [9.17, 15) is 8.42 Å². The summed E-state index contributed by atoms with van der Waals surface area (Å²) in [6, 6.07) is 3.23. The van der Waals surface area contributed by atoms with Crippen LogP contribution in [0.15, 0.2) is 23.2 Å². The average Bonchev–Trinajstić information content (AvgIpc) is 2.95. The van der Waals surface area contributed by atoms with Crippen molar-refractivity contribution in [3.63, 3.8) is 0 Å².